The third kappa shape index (κ3) is 4.61. The third-order valence-corrected chi connectivity index (χ3v) is 7.44. The summed E-state index contributed by atoms with van der Waals surface area (Å²) < 4.78 is 29.6. The fraction of sp³-hybridized carbons (Fsp3) is 0.417. The Kier molecular flexibility index (Phi) is 6.32. The van der Waals surface area contributed by atoms with Crippen molar-refractivity contribution in [1.29, 1.82) is 0 Å². The summed E-state index contributed by atoms with van der Waals surface area (Å²) in [6, 6.07) is 12.2. The number of thioether (sulfide) groups is 1. The van der Waals surface area contributed by atoms with Crippen LogP contribution in [0, 0.1) is 11.6 Å². The fourth-order valence-corrected chi connectivity index (χ4v) is 5.28. The Labute approximate surface area is 186 Å². The van der Waals surface area contributed by atoms with Gasteiger partial charge in [0.05, 0.1) is 5.56 Å². The van der Waals surface area contributed by atoms with Crippen LogP contribution in [0.25, 0.3) is 11.4 Å². The molecule has 0 atom stereocenters. The molecular weight excluding hydrogens is 414 g/mol. The second kappa shape index (κ2) is 8.99. The van der Waals surface area contributed by atoms with Gasteiger partial charge in [0.2, 0.25) is 0 Å². The summed E-state index contributed by atoms with van der Waals surface area (Å²) in [7, 11) is 0. The van der Waals surface area contributed by atoms with Crippen LogP contribution in [-0.2, 0) is 6.54 Å². The number of nitrogens with zero attached hydrogens (tertiary/aromatic N) is 3. The fourth-order valence-electron chi connectivity index (χ4n) is 3.85. The summed E-state index contributed by atoms with van der Waals surface area (Å²) in [5, 5.41) is 13.0. The summed E-state index contributed by atoms with van der Waals surface area (Å²) in [6.07, 6.45) is 3.36. The van der Waals surface area contributed by atoms with Gasteiger partial charge in [0, 0.05) is 29.6 Å². The second-order valence-corrected chi connectivity index (χ2v) is 9.88. The predicted octanol–water partition coefficient (Wildman–Crippen LogP) is 6.49. The lowest BCUT2D eigenvalue weighted by Gasteiger charge is -2.41. The normalized spacial score (nSPS) is 15.2. The van der Waals surface area contributed by atoms with Crippen molar-refractivity contribution in [2.75, 3.05) is 11.9 Å². The zero-order valence-corrected chi connectivity index (χ0v) is 19.0. The number of hydrogen-bond acceptors (Lipinski definition) is 4. The minimum absolute atomic E-state index is 0.0370. The molecule has 0 bridgehead atoms. The maximum absolute atomic E-state index is 14.3. The molecule has 1 aliphatic rings. The molecule has 1 saturated carbocycles. The molecule has 3 aromatic rings. The predicted molar refractivity (Wildman–Crippen MR) is 123 cm³/mol. The zero-order chi connectivity index (χ0) is 22.0. The first-order valence-electron chi connectivity index (χ1n) is 10.8. The van der Waals surface area contributed by atoms with E-state index in [1.165, 1.54) is 24.1 Å². The third-order valence-electron chi connectivity index (χ3n) is 5.97. The molecule has 0 saturated heterocycles. The van der Waals surface area contributed by atoms with Crippen LogP contribution in [0.5, 0.6) is 0 Å². The van der Waals surface area contributed by atoms with E-state index in [9.17, 15) is 8.78 Å². The maximum Gasteiger partial charge on any atom is 0.192 e. The minimum Gasteiger partial charge on any atom is -0.384 e. The van der Waals surface area contributed by atoms with Gasteiger partial charge in [0.15, 0.2) is 11.0 Å². The van der Waals surface area contributed by atoms with E-state index < -0.39 is 11.6 Å². The summed E-state index contributed by atoms with van der Waals surface area (Å²) in [4.78, 5) is 0. The average molecular weight is 443 g/mol. The largest absolute Gasteiger partial charge is 0.384 e. The van der Waals surface area contributed by atoms with Crippen molar-refractivity contribution in [3.05, 3.63) is 59.7 Å². The van der Waals surface area contributed by atoms with Gasteiger partial charge in [0.1, 0.15) is 11.6 Å². The van der Waals surface area contributed by atoms with Gasteiger partial charge >= 0.3 is 0 Å². The number of hydrogen-bond donors (Lipinski definition) is 1. The molecule has 164 valence electrons. The van der Waals surface area contributed by atoms with Crippen molar-refractivity contribution in [3.8, 4) is 11.4 Å². The molecular formula is C24H28F2N4S. The van der Waals surface area contributed by atoms with Gasteiger partial charge in [-0.05, 0) is 55.5 Å². The molecule has 7 heteroatoms. The lowest BCUT2D eigenvalue weighted by atomic mass is 9.84. The van der Waals surface area contributed by atoms with Crippen molar-refractivity contribution in [3.63, 3.8) is 0 Å². The Morgan fingerprint density at radius 3 is 2.42 bits per heavy atom. The average Bonchev–Trinajstić information content (AvgIpc) is 3.12. The lowest BCUT2D eigenvalue weighted by Crippen LogP contribution is -2.40. The number of halogens is 2. The van der Waals surface area contributed by atoms with Crippen LogP contribution in [0.2, 0.25) is 0 Å². The van der Waals surface area contributed by atoms with Crippen molar-refractivity contribution in [2.24, 2.45) is 0 Å². The van der Waals surface area contributed by atoms with Crippen LogP contribution in [-0.4, -0.2) is 26.1 Å². The highest BCUT2D eigenvalue weighted by molar-refractivity contribution is 8.00. The van der Waals surface area contributed by atoms with Crippen molar-refractivity contribution >= 4 is 17.4 Å². The van der Waals surface area contributed by atoms with Gasteiger partial charge in [-0.2, -0.15) is 0 Å². The summed E-state index contributed by atoms with van der Waals surface area (Å²) >= 11 is 1.71. The highest BCUT2D eigenvalue weighted by Crippen LogP contribution is 2.47. The molecule has 31 heavy (non-hydrogen) atoms. The van der Waals surface area contributed by atoms with Gasteiger partial charge in [-0.1, -0.05) is 44.2 Å². The van der Waals surface area contributed by atoms with E-state index in [0.717, 1.165) is 36.3 Å². The first-order chi connectivity index (χ1) is 14.9. The van der Waals surface area contributed by atoms with Crippen LogP contribution < -0.4 is 5.32 Å². The number of rotatable bonds is 8. The van der Waals surface area contributed by atoms with Gasteiger partial charge < -0.3 is 9.88 Å². The second-order valence-electron chi connectivity index (χ2n) is 8.44. The topological polar surface area (TPSA) is 42.7 Å². The number of anilines is 1. The van der Waals surface area contributed by atoms with Crippen molar-refractivity contribution in [2.45, 2.75) is 62.4 Å². The Morgan fingerprint density at radius 2 is 1.84 bits per heavy atom. The SMILES string of the molecule is CCn1c(SC2(CNc3ccc(C(C)C)cc3)CCC2)nnc1-c1ccc(F)cc1F. The molecule has 0 radical (unpaired) electrons. The number of benzene rings is 2. The molecule has 4 nitrogen and oxygen atoms in total. The highest BCUT2D eigenvalue weighted by Gasteiger charge is 2.39. The first kappa shape index (κ1) is 21.8. The summed E-state index contributed by atoms with van der Waals surface area (Å²) in [5.74, 6) is -0.264. The maximum atomic E-state index is 14.3. The summed E-state index contributed by atoms with van der Waals surface area (Å²) in [6.45, 7) is 7.81. The van der Waals surface area contributed by atoms with Crippen LogP contribution in [0.1, 0.15) is 51.5 Å². The molecule has 4 rings (SSSR count). The van der Waals surface area contributed by atoms with Gasteiger partial charge in [0.25, 0.3) is 0 Å². The van der Waals surface area contributed by atoms with E-state index >= 15 is 0 Å². The van der Waals surface area contributed by atoms with E-state index in [4.69, 9.17) is 0 Å². The van der Waals surface area contributed by atoms with Gasteiger partial charge in [-0.15, -0.1) is 10.2 Å². The highest BCUT2D eigenvalue weighted by atomic mass is 32.2. The van der Waals surface area contributed by atoms with E-state index in [1.54, 1.807) is 11.8 Å². The van der Waals surface area contributed by atoms with E-state index in [-0.39, 0.29) is 10.3 Å². The van der Waals surface area contributed by atoms with E-state index in [1.807, 2.05) is 11.5 Å². The Morgan fingerprint density at radius 1 is 1.10 bits per heavy atom. The van der Waals surface area contributed by atoms with Gasteiger partial charge in [-0.3, -0.25) is 0 Å². The van der Waals surface area contributed by atoms with E-state index in [0.29, 0.717) is 18.3 Å². The summed E-state index contributed by atoms with van der Waals surface area (Å²) in [5.41, 5.74) is 2.71. The molecule has 2 aromatic carbocycles. The zero-order valence-electron chi connectivity index (χ0n) is 18.2. The lowest BCUT2D eigenvalue weighted by molar-refractivity contribution is 0.377. The van der Waals surface area contributed by atoms with Crippen LogP contribution >= 0.6 is 11.8 Å². The standard InChI is InChI=1S/C24H28F2N4S/c1-4-30-22(20-11-8-18(25)14-21(20)26)28-29-23(30)31-24(12-5-13-24)15-27-19-9-6-17(7-10-19)16(2)3/h6-11,14,16,27H,4-5,12-13,15H2,1-3H3. The molecule has 1 aromatic heterocycles. The van der Waals surface area contributed by atoms with E-state index in [2.05, 4.69) is 53.6 Å². The monoisotopic (exact) mass is 442 g/mol. The minimum atomic E-state index is -0.622. The molecule has 0 spiro atoms. The first-order valence-corrected chi connectivity index (χ1v) is 11.6. The smallest absolute Gasteiger partial charge is 0.192 e. The Bertz CT molecular complexity index is 1040. The van der Waals surface area contributed by atoms with Crippen LogP contribution in [0.15, 0.2) is 47.6 Å². The molecule has 1 heterocycles. The molecule has 0 unspecified atom stereocenters. The van der Waals surface area contributed by atoms with Gasteiger partial charge in [-0.25, -0.2) is 8.78 Å². The van der Waals surface area contributed by atoms with Crippen molar-refractivity contribution < 1.29 is 8.78 Å². The Hall–Kier alpha value is -2.41. The number of nitrogens with one attached hydrogen (secondary N) is 1. The van der Waals surface area contributed by atoms with Crippen LogP contribution in [0.3, 0.4) is 0 Å². The molecule has 1 N–H and O–H groups in total. The number of aromatic nitrogens is 3. The molecule has 0 aliphatic heterocycles. The molecule has 1 aliphatic carbocycles. The molecule has 1 fully saturated rings. The quantitative estimate of drug-likeness (QED) is 0.433. The Balaban J connectivity index is 1.51. The molecule has 0 amide bonds. The van der Waals surface area contributed by atoms with Crippen molar-refractivity contribution in [1.82, 2.24) is 14.8 Å². The van der Waals surface area contributed by atoms with Crippen LogP contribution in [0.4, 0.5) is 14.5 Å².